The average molecular weight is 302 g/mol. The molecule has 0 aliphatic rings. The number of nitrogens with zero attached hydrogens (tertiary/aromatic N) is 1. The van der Waals surface area contributed by atoms with Gasteiger partial charge in [-0.1, -0.05) is 15.9 Å². The SMILES string of the molecule is CN(C)Cc1cc(Br)ccc1OCC(=O)NN. The molecule has 0 saturated carbocycles. The van der Waals surface area contributed by atoms with Crippen LogP contribution in [0.15, 0.2) is 22.7 Å². The van der Waals surface area contributed by atoms with E-state index in [0.29, 0.717) is 5.75 Å². The van der Waals surface area contributed by atoms with Crippen molar-refractivity contribution in [1.29, 1.82) is 0 Å². The number of carbonyl (C=O) groups is 1. The van der Waals surface area contributed by atoms with Crippen molar-refractivity contribution in [2.45, 2.75) is 6.54 Å². The second-order valence-electron chi connectivity index (χ2n) is 3.85. The number of benzene rings is 1. The Morgan fingerprint density at radius 2 is 2.24 bits per heavy atom. The summed E-state index contributed by atoms with van der Waals surface area (Å²) in [6.07, 6.45) is 0. The van der Waals surface area contributed by atoms with E-state index in [9.17, 15) is 4.79 Å². The second-order valence-corrected chi connectivity index (χ2v) is 4.76. The summed E-state index contributed by atoms with van der Waals surface area (Å²) in [5.74, 6) is 5.31. The molecule has 3 N–H and O–H groups in total. The Morgan fingerprint density at radius 1 is 1.53 bits per heavy atom. The number of nitrogens with one attached hydrogen (secondary N) is 1. The summed E-state index contributed by atoms with van der Waals surface area (Å²) in [7, 11) is 3.94. The number of hydrazine groups is 1. The summed E-state index contributed by atoms with van der Waals surface area (Å²) in [5, 5.41) is 0. The van der Waals surface area contributed by atoms with E-state index in [-0.39, 0.29) is 12.5 Å². The third-order valence-corrected chi connectivity index (χ3v) is 2.52. The minimum absolute atomic E-state index is 0.0848. The van der Waals surface area contributed by atoms with Crippen molar-refractivity contribution in [2.75, 3.05) is 20.7 Å². The van der Waals surface area contributed by atoms with E-state index in [1.54, 1.807) is 0 Å². The van der Waals surface area contributed by atoms with Gasteiger partial charge in [-0.15, -0.1) is 0 Å². The molecule has 0 fully saturated rings. The number of carbonyl (C=O) groups excluding carboxylic acids is 1. The molecule has 0 spiro atoms. The molecular weight excluding hydrogens is 286 g/mol. The molecule has 1 aromatic carbocycles. The van der Waals surface area contributed by atoms with Crippen molar-refractivity contribution in [1.82, 2.24) is 10.3 Å². The van der Waals surface area contributed by atoms with Gasteiger partial charge in [0.25, 0.3) is 5.91 Å². The summed E-state index contributed by atoms with van der Waals surface area (Å²) in [6, 6.07) is 5.66. The van der Waals surface area contributed by atoms with Crippen LogP contribution in [0.5, 0.6) is 5.75 Å². The van der Waals surface area contributed by atoms with E-state index in [0.717, 1.165) is 16.6 Å². The smallest absolute Gasteiger partial charge is 0.271 e. The van der Waals surface area contributed by atoms with Gasteiger partial charge in [-0.25, -0.2) is 5.84 Å². The van der Waals surface area contributed by atoms with Crippen LogP contribution in [0.3, 0.4) is 0 Å². The summed E-state index contributed by atoms with van der Waals surface area (Å²) >= 11 is 3.41. The molecule has 0 atom stereocenters. The Kier molecular flexibility index (Phi) is 5.40. The van der Waals surface area contributed by atoms with Gasteiger partial charge in [-0.3, -0.25) is 10.2 Å². The molecule has 94 valence electrons. The van der Waals surface area contributed by atoms with Gasteiger partial charge in [0.15, 0.2) is 6.61 Å². The van der Waals surface area contributed by atoms with Gasteiger partial charge >= 0.3 is 0 Å². The lowest BCUT2D eigenvalue weighted by Crippen LogP contribution is -2.34. The van der Waals surface area contributed by atoms with Gasteiger partial charge in [-0.2, -0.15) is 0 Å². The molecule has 17 heavy (non-hydrogen) atoms. The highest BCUT2D eigenvalue weighted by Crippen LogP contribution is 2.24. The van der Waals surface area contributed by atoms with E-state index in [4.69, 9.17) is 10.6 Å². The van der Waals surface area contributed by atoms with Crippen molar-refractivity contribution in [2.24, 2.45) is 5.84 Å². The zero-order valence-electron chi connectivity index (χ0n) is 9.87. The van der Waals surface area contributed by atoms with Crippen molar-refractivity contribution in [3.05, 3.63) is 28.2 Å². The quantitative estimate of drug-likeness (QED) is 0.481. The van der Waals surface area contributed by atoms with Crippen LogP contribution in [-0.4, -0.2) is 31.5 Å². The monoisotopic (exact) mass is 301 g/mol. The first-order valence-corrected chi connectivity index (χ1v) is 5.87. The van der Waals surface area contributed by atoms with Gasteiger partial charge in [0.2, 0.25) is 0 Å². The largest absolute Gasteiger partial charge is 0.483 e. The molecular formula is C11H16BrN3O2. The van der Waals surface area contributed by atoms with E-state index in [2.05, 4.69) is 15.9 Å². The Hall–Kier alpha value is -1.11. The molecule has 5 nitrogen and oxygen atoms in total. The Morgan fingerprint density at radius 3 is 2.82 bits per heavy atom. The maximum atomic E-state index is 11.0. The lowest BCUT2D eigenvalue weighted by Gasteiger charge is -2.15. The zero-order chi connectivity index (χ0) is 12.8. The number of halogens is 1. The standard InChI is InChI=1S/C11H16BrN3O2/c1-15(2)6-8-5-9(12)3-4-10(8)17-7-11(16)14-13/h3-5H,6-7,13H2,1-2H3,(H,14,16). The van der Waals surface area contributed by atoms with Crippen molar-refractivity contribution in [3.63, 3.8) is 0 Å². The van der Waals surface area contributed by atoms with E-state index < -0.39 is 0 Å². The molecule has 6 heteroatoms. The molecule has 0 aliphatic heterocycles. The Bertz CT molecular complexity index is 396. The van der Waals surface area contributed by atoms with Crippen molar-refractivity contribution >= 4 is 21.8 Å². The maximum Gasteiger partial charge on any atom is 0.271 e. The number of ether oxygens (including phenoxy) is 1. The first-order valence-electron chi connectivity index (χ1n) is 5.08. The van der Waals surface area contributed by atoms with Crippen molar-refractivity contribution in [3.8, 4) is 5.75 Å². The first-order chi connectivity index (χ1) is 8.02. The van der Waals surface area contributed by atoms with Gasteiger partial charge in [0, 0.05) is 16.6 Å². The third kappa shape index (κ3) is 4.72. The number of hydrogen-bond donors (Lipinski definition) is 2. The van der Waals surface area contributed by atoms with Crippen LogP contribution >= 0.6 is 15.9 Å². The molecule has 0 aliphatic carbocycles. The lowest BCUT2D eigenvalue weighted by atomic mass is 10.2. The minimum atomic E-state index is -0.358. The van der Waals surface area contributed by atoms with Crippen molar-refractivity contribution < 1.29 is 9.53 Å². The highest BCUT2D eigenvalue weighted by molar-refractivity contribution is 9.10. The minimum Gasteiger partial charge on any atom is -0.483 e. The Balaban J connectivity index is 2.78. The molecule has 0 bridgehead atoms. The van der Waals surface area contributed by atoms with Gasteiger partial charge in [0.05, 0.1) is 0 Å². The van der Waals surface area contributed by atoms with Gasteiger partial charge in [0.1, 0.15) is 5.75 Å². The topological polar surface area (TPSA) is 67.6 Å². The fraction of sp³-hybridized carbons (Fsp3) is 0.364. The second kappa shape index (κ2) is 6.58. The highest BCUT2D eigenvalue weighted by Gasteiger charge is 2.07. The van der Waals surface area contributed by atoms with E-state index in [1.165, 1.54) is 0 Å². The number of amides is 1. The van der Waals surface area contributed by atoms with Crippen LogP contribution in [0.2, 0.25) is 0 Å². The summed E-state index contributed by atoms with van der Waals surface area (Å²) < 4.78 is 6.38. The van der Waals surface area contributed by atoms with Crippen LogP contribution in [0.4, 0.5) is 0 Å². The fourth-order valence-corrected chi connectivity index (χ4v) is 1.75. The predicted molar refractivity (Wildman–Crippen MR) is 69.4 cm³/mol. The van der Waals surface area contributed by atoms with Crippen LogP contribution in [0.25, 0.3) is 0 Å². The van der Waals surface area contributed by atoms with E-state index in [1.807, 2.05) is 42.6 Å². The maximum absolute atomic E-state index is 11.0. The molecule has 1 amide bonds. The lowest BCUT2D eigenvalue weighted by molar-refractivity contribution is -0.123. The summed E-state index contributed by atoms with van der Waals surface area (Å²) in [5.41, 5.74) is 3.03. The number of rotatable bonds is 5. The van der Waals surface area contributed by atoms with Gasteiger partial charge in [-0.05, 0) is 32.3 Å². The summed E-state index contributed by atoms with van der Waals surface area (Å²) in [4.78, 5) is 13.0. The Labute approximate surface area is 109 Å². The van der Waals surface area contributed by atoms with E-state index >= 15 is 0 Å². The molecule has 0 heterocycles. The predicted octanol–water partition coefficient (Wildman–Crippen LogP) is 0.879. The van der Waals surface area contributed by atoms with Crippen LogP contribution in [0.1, 0.15) is 5.56 Å². The number of hydrogen-bond acceptors (Lipinski definition) is 4. The zero-order valence-corrected chi connectivity index (χ0v) is 11.5. The molecule has 0 unspecified atom stereocenters. The van der Waals surface area contributed by atoms with Gasteiger partial charge < -0.3 is 9.64 Å². The first kappa shape index (κ1) is 14.0. The molecule has 0 saturated heterocycles. The highest BCUT2D eigenvalue weighted by atomic mass is 79.9. The fourth-order valence-electron chi connectivity index (χ4n) is 1.34. The van der Waals surface area contributed by atoms with Crippen LogP contribution < -0.4 is 16.0 Å². The average Bonchev–Trinajstić information content (AvgIpc) is 2.26. The molecule has 0 aromatic heterocycles. The molecule has 0 radical (unpaired) electrons. The van der Waals surface area contributed by atoms with Crippen LogP contribution in [0, 0.1) is 0 Å². The summed E-state index contributed by atoms with van der Waals surface area (Å²) in [6.45, 7) is 0.650. The molecule has 1 rings (SSSR count). The van der Waals surface area contributed by atoms with Crippen LogP contribution in [-0.2, 0) is 11.3 Å². The normalized spacial score (nSPS) is 10.4. The molecule has 1 aromatic rings. The number of nitrogens with two attached hydrogens (primary N) is 1. The third-order valence-electron chi connectivity index (χ3n) is 2.03.